The normalized spacial score (nSPS) is 17.4. The predicted molar refractivity (Wildman–Crippen MR) is 105 cm³/mol. The van der Waals surface area contributed by atoms with Crippen molar-refractivity contribution in [2.24, 2.45) is 10.9 Å². The second kappa shape index (κ2) is 10.4. The molecule has 0 aliphatic carbocycles. The Kier molecular flexibility index (Phi) is 8.22. The number of rotatable bonds is 7. The molecule has 1 N–H and O–H groups in total. The van der Waals surface area contributed by atoms with E-state index in [0.717, 1.165) is 58.3 Å². The van der Waals surface area contributed by atoms with Gasteiger partial charge in [-0.15, -0.1) is 0 Å². The van der Waals surface area contributed by atoms with Crippen LogP contribution < -0.4 is 5.32 Å². The Bertz CT molecular complexity index is 523. The molecule has 140 valence electrons. The molecular formula is C20H34N4O. The molecule has 0 amide bonds. The van der Waals surface area contributed by atoms with E-state index in [1.807, 2.05) is 7.05 Å². The maximum atomic E-state index is 5.42. The van der Waals surface area contributed by atoms with Gasteiger partial charge in [-0.3, -0.25) is 9.89 Å². The molecule has 1 fully saturated rings. The fraction of sp³-hybridized carbons (Fsp3) is 0.650. The number of ether oxygens (including phenoxy) is 1. The maximum absolute atomic E-state index is 5.42. The van der Waals surface area contributed by atoms with Crippen LogP contribution in [0.2, 0.25) is 0 Å². The summed E-state index contributed by atoms with van der Waals surface area (Å²) in [6.45, 7) is 11.2. The van der Waals surface area contributed by atoms with Crippen LogP contribution in [0.1, 0.15) is 25.0 Å². The van der Waals surface area contributed by atoms with Crippen molar-refractivity contribution in [2.45, 2.75) is 26.8 Å². The first kappa shape index (κ1) is 19.7. The van der Waals surface area contributed by atoms with Crippen LogP contribution in [0.5, 0.6) is 0 Å². The Morgan fingerprint density at radius 3 is 2.48 bits per heavy atom. The first-order valence-electron chi connectivity index (χ1n) is 9.42. The van der Waals surface area contributed by atoms with E-state index in [9.17, 15) is 0 Å². The van der Waals surface area contributed by atoms with E-state index in [-0.39, 0.29) is 0 Å². The van der Waals surface area contributed by atoms with Crippen molar-refractivity contribution in [1.29, 1.82) is 0 Å². The van der Waals surface area contributed by atoms with Gasteiger partial charge in [0.25, 0.3) is 0 Å². The minimum Gasteiger partial charge on any atom is -0.379 e. The molecule has 0 aromatic heterocycles. The first-order valence-corrected chi connectivity index (χ1v) is 9.42. The Labute approximate surface area is 153 Å². The van der Waals surface area contributed by atoms with E-state index < -0.39 is 0 Å². The molecule has 5 nitrogen and oxygen atoms in total. The average molecular weight is 347 g/mol. The number of morpholine rings is 1. The van der Waals surface area contributed by atoms with Crippen LogP contribution in [0.4, 0.5) is 0 Å². The van der Waals surface area contributed by atoms with E-state index >= 15 is 0 Å². The number of aryl methyl sites for hydroxylation is 1. The largest absolute Gasteiger partial charge is 0.379 e. The monoisotopic (exact) mass is 346 g/mol. The standard InChI is InChI=1S/C20H34N4O/c1-5-18-6-8-19(9-7-18)16-23(4)20(21-3)22-14-17(2)15-24-10-12-25-13-11-24/h6-9,17H,5,10-16H2,1-4H3,(H,21,22). The summed E-state index contributed by atoms with van der Waals surface area (Å²) in [5.74, 6) is 1.53. The van der Waals surface area contributed by atoms with Gasteiger partial charge in [0, 0.05) is 46.8 Å². The topological polar surface area (TPSA) is 40.1 Å². The molecule has 1 unspecified atom stereocenters. The van der Waals surface area contributed by atoms with Crippen LogP contribution in [0.3, 0.4) is 0 Å². The maximum Gasteiger partial charge on any atom is 0.193 e. The molecule has 25 heavy (non-hydrogen) atoms. The fourth-order valence-corrected chi connectivity index (χ4v) is 3.17. The Hall–Kier alpha value is -1.59. The summed E-state index contributed by atoms with van der Waals surface area (Å²) in [5.41, 5.74) is 2.69. The van der Waals surface area contributed by atoms with Gasteiger partial charge in [0.2, 0.25) is 0 Å². The van der Waals surface area contributed by atoms with Gasteiger partial charge in [-0.1, -0.05) is 38.1 Å². The number of hydrogen-bond acceptors (Lipinski definition) is 3. The fourth-order valence-electron chi connectivity index (χ4n) is 3.17. The summed E-state index contributed by atoms with van der Waals surface area (Å²) in [6, 6.07) is 8.85. The Morgan fingerprint density at radius 2 is 1.88 bits per heavy atom. The summed E-state index contributed by atoms with van der Waals surface area (Å²) in [5, 5.41) is 3.52. The third-order valence-electron chi connectivity index (χ3n) is 4.71. The molecule has 1 aromatic rings. The van der Waals surface area contributed by atoms with Gasteiger partial charge in [0.05, 0.1) is 13.2 Å². The summed E-state index contributed by atoms with van der Waals surface area (Å²) in [4.78, 5) is 9.10. The number of nitrogens with zero attached hydrogens (tertiary/aromatic N) is 3. The van der Waals surface area contributed by atoms with E-state index in [0.29, 0.717) is 5.92 Å². The van der Waals surface area contributed by atoms with Gasteiger partial charge < -0.3 is 15.0 Å². The minimum atomic E-state index is 0.576. The van der Waals surface area contributed by atoms with Gasteiger partial charge in [-0.05, 0) is 23.5 Å². The zero-order valence-electron chi connectivity index (χ0n) is 16.3. The smallest absolute Gasteiger partial charge is 0.193 e. The van der Waals surface area contributed by atoms with Crippen molar-refractivity contribution in [1.82, 2.24) is 15.1 Å². The van der Waals surface area contributed by atoms with Crippen molar-refractivity contribution >= 4 is 5.96 Å². The van der Waals surface area contributed by atoms with E-state index in [1.165, 1.54) is 11.1 Å². The molecule has 1 aromatic carbocycles. The van der Waals surface area contributed by atoms with Gasteiger partial charge in [0.15, 0.2) is 5.96 Å². The van der Waals surface area contributed by atoms with Crippen LogP contribution >= 0.6 is 0 Å². The van der Waals surface area contributed by atoms with Gasteiger partial charge >= 0.3 is 0 Å². The lowest BCUT2D eigenvalue weighted by Gasteiger charge is -2.30. The second-order valence-electron chi connectivity index (χ2n) is 6.97. The number of guanidine groups is 1. The molecule has 0 spiro atoms. The first-order chi connectivity index (χ1) is 12.1. The molecule has 1 aliphatic heterocycles. The van der Waals surface area contributed by atoms with Gasteiger partial charge in [0.1, 0.15) is 0 Å². The molecule has 2 rings (SSSR count). The molecule has 1 atom stereocenters. The predicted octanol–water partition coefficient (Wildman–Crippen LogP) is 2.22. The zero-order chi connectivity index (χ0) is 18.1. The van der Waals surface area contributed by atoms with Crippen molar-refractivity contribution < 1.29 is 4.74 Å². The van der Waals surface area contributed by atoms with Crippen molar-refractivity contribution in [3.63, 3.8) is 0 Å². The molecule has 0 radical (unpaired) electrons. The SMILES string of the molecule is CCc1ccc(CN(C)C(=NC)NCC(C)CN2CCOCC2)cc1. The van der Waals surface area contributed by atoms with Crippen molar-refractivity contribution in [2.75, 3.05) is 53.5 Å². The second-order valence-corrected chi connectivity index (χ2v) is 6.97. The van der Waals surface area contributed by atoms with E-state index in [2.05, 4.69) is 65.3 Å². The highest BCUT2D eigenvalue weighted by atomic mass is 16.5. The highest BCUT2D eigenvalue weighted by Crippen LogP contribution is 2.08. The lowest BCUT2D eigenvalue weighted by molar-refractivity contribution is 0.0320. The third-order valence-corrected chi connectivity index (χ3v) is 4.71. The summed E-state index contributed by atoms with van der Waals surface area (Å²) < 4.78 is 5.42. The molecule has 5 heteroatoms. The highest BCUT2D eigenvalue weighted by molar-refractivity contribution is 5.79. The zero-order valence-corrected chi connectivity index (χ0v) is 16.3. The van der Waals surface area contributed by atoms with Gasteiger partial charge in [-0.25, -0.2) is 0 Å². The highest BCUT2D eigenvalue weighted by Gasteiger charge is 2.14. The average Bonchev–Trinajstić information content (AvgIpc) is 2.63. The van der Waals surface area contributed by atoms with Crippen molar-refractivity contribution in [3.05, 3.63) is 35.4 Å². The van der Waals surface area contributed by atoms with E-state index in [4.69, 9.17) is 4.74 Å². The summed E-state index contributed by atoms with van der Waals surface area (Å²) >= 11 is 0. The summed E-state index contributed by atoms with van der Waals surface area (Å²) in [7, 11) is 3.95. The Balaban J connectivity index is 1.77. The molecule has 1 aliphatic rings. The summed E-state index contributed by atoms with van der Waals surface area (Å²) in [6.07, 6.45) is 1.08. The van der Waals surface area contributed by atoms with E-state index in [1.54, 1.807) is 0 Å². The number of benzene rings is 1. The molecular weight excluding hydrogens is 312 g/mol. The quantitative estimate of drug-likeness (QED) is 0.607. The molecule has 0 bridgehead atoms. The third kappa shape index (κ3) is 6.67. The van der Waals surface area contributed by atoms with Crippen molar-refractivity contribution in [3.8, 4) is 0 Å². The van der Waals surface area contributed by atoms with Crippen LogP contribution in [0.25, 0.3) is 0 Å². The number of hydrogen-bond donors (Lipinski definition) is 1. The number of nitrogens with one attached hydrogen (secondary N) is 1. The molecule has 0 saturated carbocycles. The minimum absolute atomic E-state index is 0.576. The van der Waals surface area contributed by atoms with Crippen LogP contribution in [0.15, 0.2) is 29.3 Å². The number of aliphatic imine (C=N–C) groups is 1. The van der Waals surface area contributed by atoms with Crippen LogP contribution in [-0.4, -0.2) is 69.2 Å². The van der Waals surface area contributed by atoms with Gasteiger partial charge in [-0.2, -0.15) is 0 Å². The lowest BCUT2D eigenvalue weighted by atomic mass is 10.1. The molecule has 1 saturated heterocycles. The van der Waals surface area contributed by atoms with Crippen LogP contribution in [0, 0.1) is 5.92 Å². The molecule has 1 heterocycles. The van der Waals surface area contributed by atoms with Crippen LogP contribution in [-0.2, 0) is 17.7 Å². The lowest BCUT2D eigenvalue weighted by Crippen LogP contribution is -2.44. The Morgan fingerprint density at radius 1 is 1.24 bits per heavy atom.